The summed E-state index contributed by atoms with van der Waals surface area (Å²) in [5.41, 5.74) is 2.15. The topological polar surface area (TPSA) is 63.1 Å². The SMILES string of the molecule is CCC1CC(C)=C(Nc2nc(-c3ccccc3C(F)(F)F)nc3cccnc23)N=C1C. The maximum atomic E-state index is 13.6. The fourth-order valence-corrected chi connectivity index (χ4v) is 3.76. The Balaban J connectivity index is 1.85. The molecule has 8 heteroatoms. The van der Waals surface area contributed by atoms with Crippen LogP contribution in [-0.4, -0.2) is 20.7 Å². The Morgan fingerprint density at radius 1 is 1.06 bits per heavy atom. The van der Waals surface area contributed by atoms with Crippen molar-refractivity contribution in [2.75, 3.05) is 5.32 Å². The molecule has 0 saturated carbocycles. The zero-order valence-electron chi connectivity index (χ0n) is 17.5. The van der Waals surface area contributed by atoms with Crippen molar-refractivity contribution in [3.8, 4) is 11.4 Å². The van der Waals surface area contributed by atoms with E-state index in [2.05, 4.69) is 27.2 Å². The van der Waals surface area contributed by atoms with E-state index in [-0.39, 0.29) is 11.4 Å². The third-order valence-electron chi connectivity index (χ3n) is 5.49. The molecule has 0 spiro atoms. The van der Waals surface area contributed by atoms with Crippen LogP contribution in [0.2, 0.25) is 0 Å². The lowest BCUT2D eigenvalue weighted by molar-refractivity contribution is -0.137. The molecule has 1 N–H and O–H groups in total. The standard InChI is InChI=1S/C23H22F3N5/c1-4-15-12-13(2)20(28-14(15)3)30-22-19-18(10-7-11-27-19)29-21(31-22)16-8-5-6-9-17(16)23(24,25)26/h5-11,15H,4,12H2,1-3H3,(H,29,30,31). The number of rotatable bonds is 4. The Hall–Kier alpha value is -3.29. The van der Waals surface area contributed by atoms with E-state index in [0.29, 0.717) is 28.6 Å². The van der Waals surface area contributed by atoms with Crippen LogP contribution in [0.5, 0.6) is 0 Å². The second kappa shape index (κ2) is 8.09. The van der Waals surface area contributed by atoms with Crippen molar-refractivity contribution in [2.24, 2.45) is 10.9 Å². The highest BCUT2D eigenvalue weighted by molar-refractivity contribution is 5.90. The first-order chi connectivity index (χ1) is 14.8. The third kappa shape index (κ3) is 4.15. The summed E-state index contributed by atoms with van der Waals surface area (Å²) < 4.78 is 40.7. The van der Waals surface area contributed by atoms with Crippen LogP contribution in [0.15, 0.2) is 59.0 Å². The maximum Gasteiger partial charge on any atom is 0.417 e. The first-order valence-corrected chi connectivity index (χ1v) is 10.1. The molecule has 3 heterocycles. The van der Waals surface area contributed by atoms with Gasteiger partial charge in [-0.15, -0.1) is 0 Å². The molecule has 0 fully saturated rings. The van der Waals surface area contributed by atoms with Gasteiger partial charge >= 0.3 is 6.18 Å². The number of aliphatic imine (C=N–C) groups is 1. The van der Waals surface area contributed by atoms with Crippen LogP contribution in [0.4, 0.5) is 19.0 Å². The number of pyridine rings is 1. The number of hydrogen-bond donors (Lipinski definition) is 1. The fourth-order valence-electron chi connectivity index (χ4n) is 3.76. The zero-order valence-corrected chi connectivity index (χ0v) is 17.5. The lowest BCUT2D eigenvalue weighted by atomic mass is 9.91. The molecule has 3 aromatic rings. The van der Waals surface area contributed by atoms with Crippen LogP contribution >= 0.6 is 0 Å². The highest BCUT2D eigenvalue weighted by atomic mass is 19.4. The van der Waals surface area contributed by atoms with Crippen LogP contribution < -0.4 is 5.32 Å². The van der Waals surface area contributed by atoms with Gasteiger partial charge in [-0.05, 0) is 50.5 Å². The summed E-state index contributed by atoms with van der Waals surface area (Å²) in [6, 6.07) is 8.71. The van der Waals surface area contributed by atoms with E-state index in [1.807, 2.05) is 13.8 Å². The number of alkyl halides is 3. The number of fused-ring (bicyclic) bond motifs is 1. The molecule has 0 amide bonds. The molecule has 0 saturated heterocycles. The molecule has 1 atom stereocenters. The number of benzene rings is 1. The van der Waals surface area contributed by atoms with Crippen molar-refractivity contribution in [1.29, 1.82) is 0 Å². The van der Waals surface area contributed by atoms with Gasteiger partial charge in [0.05, 0.1) is 11.1 Å². The summed E-state index contributed by atoms with van der Waals surface area (Å²) in [5.74, 6) is 1.36. The number of halogens is 3. The van der Waals surface area contributed by atoms with Gasteiger partial charge in [0.15, 0.2) is 11.6 Å². The summed E-state index contributed by atoms with van der Waals surface area (Å²) in [7, 11) is 0. The highest BCUT2D eigenvalue weighted by Gasteiger charge is 2.34. The van der Waals surface area contributed by atoms with Crippen molar-refractivity contribution in [3.05, 3.63) is 59.6 Å². The number of anilines is 1. The lowest BCUT2D eigenvalue weighted by Gasteiger charge is -2.23. The van der Waals surface area contributed by atoms with Crippen LogP contribution in [0, 0.1) is 5.92 Å². The molecule has 160 valence electrons. The first-order valence-electron chi connectivity index (χ1n) is 10.1. The van der Waals surface area contributed by atoms with Crippen LogP contribution in [0.3, 0.4) is 0 Å². The minimum absolute atomic E-state index is 0.0166. The van der Waals surface area contributed by atoms with Gasteiger partial charge in [0.25, 0.3) is 0 Å². The average Bonchev–Trinajstić information content (AvgIpc) is 2.75. The molecule has 0 bridgehead atoms. The summed E-state index contributed by atoms with van der Waals surface area (Å²) in [6.45, 7) is 6.11. The number of allylic oxidation sites excluding steroid dienone is 1. The largest absolute Gasteiger partial charge is 0.417 e. The molecule has 1 aliphatic rings. The minimum atomic E-state index is -4.52. The van der Waals surface area contributed by atoms with Gasteiger partial charge < -0.3 is 5.32 Å². The Morgan fingerprint density at radius 3 is 2.58 bits per heavy atom. The van der Waals surface area contributed by atoms with Gasteiger partial charge in [-0.25, -0.2) is 15.0 Å². The molecule has 0 radical (unpaired) electrons. The van der Waals surface area contributed by atoms with E-state index in [9.17, 15) is 13.2 Å². The molecule has 1 aromatic carbocycles. The summed E-state index contributed by atoms with van der Waals surface area (Å²) in [4.78, 5) is 17.9. The quantitative estimate of drug-likeness (QED) is 0.537. The molecule has 1 aliphatic heterocycles. The van der Waals surface area contributed by atoms with Gasteiger partial charge in [0, 0.05) is 23.4 Å². The smallest absolute Gasteiger partial charge is 0.323 e. The van der Waals surface area contributed by atoms with E-state index < -0.39 is 11.7 Å². The second-order valence-corrected chi connectivity index (χ2v) is 7.63. The Morgan fingerprint density at radius 2 is 1.84 bits per heavy atom. The van der Waals surface area contributed by atoms with Crippen molar-refractivity contribution in [3.63, 3.8) is 0 Å². The van der Waals surface area contributed by atoms with Gasteiger partial charge in [-0.3, -0.25) is 4.98 Å². The predicted octanol–water partition coefficient (Wildman–Crippen LogP) is 6.24. The summed E-state index contributed by atoms with van der Waals surface area (Å²) in [5, 5.41) is 3.21. The lowest BCUT2D eigenvalue weighted by Crippen LogP contribution is -2.19. The first kappa shape index (κ1) is 21.0. The fraction of sp³-hybridized carbons (Fsp3) is 0.304. The van der Waals surface area contributed by atoms with Crippen molar-refractivity contribution in [1.82, 2.24) is 15.0 Å². The van der Waals surface area contributed by atoms with E-state index >= 15 is 0 Å². The monoisotopic (exact) mass is 425 g/mol. The molecule has 5 nitrogen and oxygen atoms in total. The summed E-state index contributed by atoms with van der Waals surface area (Å²) >= 11 is 0. The van der Waals surface area contributed by atoms with Crippen LogP contribution in [0.25, 0.3) is 22.4 Å². The average molecular weight is 425 g/mol. The van der Waals surface area contributed by atoms with Gasteiger partial charge in [-0.1, -0.05) is 25.1 Å². The molecule has 4 rings (SSSR count). The number of aromatic nitrogens is 3. The Kier molecular flexibility index (Phi) is 5.47. The number of nitrogens with one attached hydrogen (secondary N) is 1. The van der Waals surface area contributed by atoms with E-state index in [1.165, 1.54) is 12.1 Å². The second-order valence-electron chi connectivity index (χ2n) is 7.63. The maximum absolute atomic E-state index is 13.6. The Labute approximate surface area is 178 Å². The number of nitrogens with zero attached hydrogens (tertiary/aromatic N) is 4. The van der Waals surface area contributed by atoms with E-state index in [4.69, 9.17) is 4.99 Å². The van der Waals surface area contributed by atoms with Crippen molar-refractivity contribution < 1.29 is 13.2 Å². The van der Waals surface area contributed by atoms with E-state index in [0.717, 1.165) is 30.2 Å². The van der Waals surface area contributed by atoms with Crippen molar-refractivity contribution >= 4 is 22.6 Å². The van der Waals surface area contributed by atoms with Crippen molar-refractivity contribution in [2.45, 2.75) is 39.8 Å². The number of hydrogen-bond acceptors (Lipinski definition) is 5. The van der Waals surface area contributed by atoms with Crippen LogP contribution in [-0.2, 0) is 6.18 Å². The Bertz CT molecular complexity index is 1200. The van der Waals surface area contributed by atoms with Gasteiger partial charge in [0.2, 0.25) is 0 Å². The molecule has 2 aromatic heterocycles. The zero-order chi connectivity index (χ0) is 22.2. The van der Waals surface area contributed by atoms with Gasteiger partial charge in [0.1, 0.15) is 11.3 Å². The highest BCUT2D eigenvalue weighted by Crippen LogP contribution is 2.37. The molecular weight excluding hydrogens is 403 g/mol. The predicted molar refractivity (Wildman–Crippen MR) is 116 cm³/mol. The molecule has 31 heavy (non-hydrogen) atoms. The molecular formula is C23H22F3N5. The van der Waals surface area contributed by atoms with E-state index in [1.54, 1.807) is 24.4 Å². The normalized spacial score (nSPS) is 17.1. The molecule has 1 unspecified atom stereocenters. The summed E-state index contributed by atoms with van der Waals surface area (Å²) in [6.07, 6.45) is -1.05. The molecule has 0 aliphatic carbocycles. The minimum Gasteiger partial charge on any atom is -0.323 e. The van der Waals surface area contributed by atoms with Gasteiger partial charge in [-0.2, -0.15) is 13.2 Å². The third-order valence-corrected chi connectivity index (χ3v) is 5.49. The van der Waals surface area contributed by atoms with Crippen LogP contribution in [0.1, 0.15) is 39.2 Å².